The summed E-state index contributed by atoms with van der Waals surface area (Å²) in [7, 11) is -3.20. The summed E-state index contributed by atoms with van der Waals surface area (Å²) < 4.78 is 26.1. The Balaban J connectivity index is 0.000000325. The number of carbonyl (C=O) groups is 3. The Morgan fingerprint density at radius 2 is 1.61 bits per heavy atom. The molecule has 2 aromatic heterocycles. The highest BCUT2D eigenvalue weighted by molar-refractivity contribution is 7.89. The number of nitrogens with zero attached hydrogens (tertiary/aromatic N) is 1. The molecule has 49 heavy (non-hydrogen) atoms. The third kappa shape index (κ3) is 8.21. The van der Waals surface area contributed by atoms with Crippen molar-refractivity contribution in [2.45, 2.75) is 58.4 Å². The van der Waals surface area contributed by atoms with Gasteiger partial charge in [0.25, 0.3) is 11.8 Å². The van der Waals surface area contributed by atoms with Crippen LogP contribution >= 0.6 is 0 Å². The number of sulfonamides is 1. The highest BCUT2D eigenvalue weighted by Crippen LogP contribution is 2.37. The minimum Gasteiger partial charge on any atom is -0.366 e. The minimum atomic E-state index is -3.20. The minimum absolute atomic E-state index is 0.0411. The van der Waals surface area contributed by atoms with Gasteiger partial charge in [-0.2, -0.15) is 0 Å². The van der Waals surface area contributed by atoms with Crippen molar-refractivity contribution in [2.75, 3.05) is 18.8 Å². The summed E-state index contributed by atoms with van der Waals surface area (Å²) in [5.41, 5.74) is 17.3. The molecule has 0 spiro atoms. The zero-order valence-electron chi connectivity index (χ0n) is 27.9. The molecule has 3 aromatic carbocycles. The van der Waals surface area contributed by atoms with E-state index in [1.807, 2.05) is 48.7 Å². The van der Waals surface area contributed by atoms with E-state index >= 15 is 0 Å². The van der Waals surface area contributed by atoms with Crippen molar-refractivity contribution in [1.29, 1.82) is 0 Å². The van der Waals surface area contributed by atoms with E-state index in [9.17, 15) is 22.8 Å². The Labute approximate surface area is 286 Å². The molecule has 11 nitrogen and oxygen atoms in total. The fourth-order valence-electron chi connectivity index (χ4n) is 6.36. The lowest BCUT2D eigenvalue weighted by atomic mass is 9.88. The zero-order valence-corrected chi connectivity index (χ0v) is 28.7. The van der Waals surface area contributed by atoms with Crippen LogP contribution in [0.4, 0.5) is 0 Å². The summed E-state index contributed by atoms with van der Waals surface area (Å²) in [6, 6.07) is 19.1. The number of primary amides is 2. The highest BCUT2D eigenvalue weighted by Gasteiger charge is 2.29. The molecule has 1 aliphatic rings. The van der Waals surface area contributed by atoms with E-state index in [-0.39, 0.29) is 17.6 Å². The molecular weight excluding hydrogens is 641 g/mol. The van der Waals surface area contributed by atoms with Gasteiger partial charge in [0.1, 0.15) is 0 Å². The molecule has 5 aromatic rings. The number of nitrogens with two attached hydrogens (primary N) is 2. The number of H-pyrrole nitrogens is 2. The van der Waals surface area contributed by atoms with Crippen molar-refractivity contribution in [3.05, 3.63) is 95.3 Å². The standard InChI is InChI=1S/C28H36N4O4S.C9H8N2O/c1-3-5-9-26(33)30-17-19-7-6-8-21(14-19)22-15-23-25(18-31-27(23)24(16-22)28(29)34)20-10-12-32(13-11-20)37(35,36)4-2;10-9(12)7-3-1-2-6-4-5-11-8(6)7/h6-8,14-16,18,20,31H,3-5,9-13,17H2,1-2H3,(H2,29,34)(H,30,33);1-5,11H,(H2,10,12). The van der Waals surface area contributed by atoms with Crippen LogP contribution in [-0.4, -0.2) is 59.3 Å². The van der Waals surface area contributed by atoms with E-state index in [1.54, 1.807) is 29.6 Å². The number of aromatic amines is 2. The fourth-order valence-corrected chi connectivity index (χ4v) is 7.49. The number of hydrogen-bond acceptors (Lipinski definition) is 5. The number of amides is 3. The first-order valence-electron chi connectivity index (χ1n) is 16.7. The lowest BCUT2D eigenvalue weighted by molar-refractivity contribution is -0.121. The van der Waals surface area contributed by atoms with E-state index in [2.05, 4.69) is 28.3 Å². The average molecular weight is 685 g/mol. The van der Waals surface area contributed by atoms with Crippen LogP contribution in [0, 0.1) is 0 Å². The fraction of sp³-hybridized carbons (Fsp3) is 0.324. The average Bonchev–Trinajstić information content (AvgIpc) is 3.77. The van der Waals surface area contributed by atoms with Gasteiger partial charge in [-0.15, -0.1) is 0 Å². The van der Waals surface area contributed by atoms with Gasteiger partial charge in [-0.25, -0.2) is 12.7 Å². The molecule has 0 unspecified atom stereocenters. The molecule has 1 saturated heterocycles. The number of benzene rings is 3. The summed E-state index contributed by atoms with van der Waals surface area (Å²) in [5.74, 6) is -0.582. The number of aromatic nitrogens is 2. The van der Waals surface area contributed by atoms with Crippen LogP contribution < -0.4 is 16.8 Å². The van der Waals surface area contributed by atoms with Crippen LogP contribution in [0.25, 0.3) is 32.9 Å². The van der Waals surface area contributed by atoms with Crippen molar-refractivity contribution in [3.63, 3.8) is 0 Å². The molecule has 3 amide bonds. The van der Waals surface area contributed by atoms with E-state index in [0.717, 1.165) is 64.2 Å². The second-order valence-corrected chi connectivity index (χ2v) is 14.6. The molecule has 1 aliphatic heterocycles. The van der Waals surface area contributed by atoms with Gasteiger partial charge < -0.3 is 26.8 Å². The largest absolute Gasteiger partial charge is 0.366 e. The highest BCUT2D eigenvalue weighted by atomic mass is 32.2. The predicted molar refractivity (Wildman–Crippen MR) is 193 cm³/mol. The van der Waals surface area contributed by atoms with Gasteiger partial charge in [-0.1, -0.05) is 43.7 Å². The van der Waals surface area contributed by atoms with Gasteiger partial charge in [0.2, 0.25) is 15.9 Å². The Hall–Kier alpha value is -4.94. The third-order valence-corrected chi connectivity index (χ3v) is 11.0. The van der Waals surface area contributed by atoms with Crippen molar-refractivity contribution in [1.82, 2.24) is 19.6 Å². The number of hydrogen-bond donors (Lipinski definition) is 5. The first-order valence-corrected chi connectivity index (χ1v) is 18.3. The maximum Gasteiger partial charge on any atom is 0.250 e. The third-order valence-electron chi connectivity index (χ3n) is 9.10. The van der Waals surface area contributed by atoms with E-state index in [4.69, 9.17) is 11.5 Å². The van der Waals surface area contributed by atoms with Crippen molar-refractivity contribution >= 4 is 49.6 Å². The topological polar surface area (TPSA) is 184 Å². The molecule has 1 fully saturated rings. The lowest BCUT2D eigenvalue weighted by Crippen LogP contribution is -2.38. The Kier molecular flexibility index (Phi) is 11.2. The molecule has 0 bridgehead atoms. The van der Waals surface area contributed by atoms with Gasteiger partial charge in [0.15, 0.2) is 0 Å². The Morgan fingerprint density at radius 3 is 2.31 bits per heavy atom. The van der Waals surface area contributed by atoms with E-state index in [1.165, 1.54) is 0 Å². The summed E-state index contributed by atoms with van der Waals surface area (Å²) in [5, 5.41) is 4.91. The van der Waals surface area contributed by atoms with Gasteiger partial charge >= 0.3 is 0 Å². The van der Waals surface area contributed by atoms with Crippen LogP contribution in [0.5, 0.6) is 0 Å². The molecule has 12 heteroatoms. The summed E-state index contributed by atoms with van der Waals surface area (Å²) in [6.45, 7) is 5.15. The normalized spacial score (nSPS) is 14.0. The van der Waals surface area contributed by atoms with Gasteiger partial charge in [-0.3, -0.25) is 14.4 Å². The summed E-state index contributed by atoms with van der Waals surface area (Å²) in [4.78, 5) is 41.6. The van der Waals surface area contributed by atoms with Gasteiger partial charge in [0, 0.05) is 49.2 Å². The second kappa shape index (κ2) is 15.5. The molecule has 0 saturated carbocycles. The molecule has 7 N–H and O–H groups in total. The van der Waals surface area contributed by atoms with Crippen LogP contribution in [0.1, 0.15) is 83.7 Å². The predicted octanol–water partition coefficient (Wildman–Crippen LogP) is 5.54. The van der Waals surface area contributed by atoms with Crippen molar-refractivity contribution in [3.8, 4) is 11.1 Å². The first kappa shape index (κ1) is 35.4. The van der Waals surface area contributed by atoms with Crippen LogP contribution in [0.2, 0.25) is 0 Å². The number of carbonyl (C=O) groups excluding carboxylic acids is 3. The molecule has 6 rings (SSSR count). The molecular formula is C37H44N6O5S. The molecule has 258 valence electrons. The number of para-hydroxylation sites is 1. The van der Waals surface area contributed by atoms with Gasteiger partial charge in [-0.05, 0) is 84.7 Å². The number of nitrogens with one attached hydrogen (secondary N) is 3. The molecule has 0 radical (unpaired) electrons. The van der Waals surface area contributed by atoms with E-state index < -0.39 is 21.8 Å². The number of piperidine rings is 1. The Morgan fingerprint density at radius 1 is 0.878 bits per heavy atom. The number of fused-ring (bicyclic) bond motifs is 2. The monoisotopic (exact) mass is 684 g/mol. The Bertz CT molecular complexity index is 2080. The maximum absolute atomic E-state index is 12.4. The lowest BCUT2D eigenvalue weighted by Gasteiger charge is -2.31. The quantitative estimate of drug-likeness (QED) is 0.122. The molecule has 3 heterocycles. The number of rotatable bonds is 11. The second-order valence-electron chi connectivity index (χ2n) is 12.3. The van der Waals surface area contributed by atoms with Crippen LogP contribution in [0.15, 0.2) is 73.1 Å². The smallest absolute Gasteiger partial charge is 0.250 e. The summed E-state index contributed by atoms with van der Waals surface area (Å²) in [6.07, 6.45) is 7.52. The van der Waals surface area contributed by atoms with Crippen molar-refractivity contribution < 1.29 is 22.8 Å². The zero-order chi connectivity index (χ0) is 35.1. The molecule has 0 aliphatic carbocycles. The maximum atomic E-state index is 12.4. The first-order chi connectivity index (χ1) is 23.5. The van der Waals surface area contributed by atoms with Crippen molar-refractivity contribution in [2.24, 2.45) is 11.5 Å². The van der Waals surface area contributed by atoms with Crippen LogP contribution in [-0.2, 0) is 21.4 Å². The number of unbranched alkanes of at least 4 members (excludes halogenated alkanes) is 1. The van der Waals surface area contributed by atoms with E-state index in [0.29, 0.717) is 42.7 Å². The summed E-state index contributed by atoms with van der Waals surface area (Å²) >= 11 is 0. The molecule has 0 atom stereocenters. The SMILES string of the molecule is CCCCC(=O)NCc1cccc(-c2cc(C(N)=O)c3[nH]cc(C4CCN(S(=O)(=O)CC)CC4)c3c2)c1.NC(=O)c1cccc2cc[nH]c12. The van der Waals surface area contributed by atoms with Gasteiger partial charge in [0.05, 0.1) is 27.9 Å². The van der Waals surface area contributed by atoms with Crippen LogP contribution in [0.3, 0.4) is 0 Å².